The van der Waals surface area contributed by atoms with E-state index in [1.54, 1.807) is 13.1 Å². The van der Waals surface area contributed by atoms with Crippen molar-refractivity contribution in [2.24, 2.45) is 11.7 Å². The molecular weight excluding hydrogens is 400 g/mol. The lowest BCUT2D eigenvalue weighted by atomic mass is 10.1. The highest BCUT2D eigenvalue weighted by molar-refractivity contribution is 5.85. The second-order valence-corrected chi connectivity index (χ2v) is 7.46. The summed E-state index contributed by atoms with van der Waals surface area (Å²) in [5, 5.41) is 18.8. The van der Waals surface area contributed by atoms with Crippen molar-refractivity contribution in [1.29, 1.82) is 0 Å². The van der Waals surface area contributed by atoms with Crippen LogP contribution in [0.4, 0.5) is 0 Å². The molecule has 5 N–H and O–H groups in total. The van der Waals surface area contributed by atoms with Gasteiger partial charge in [0.2, 0.25) is 0 Å². The number of aliphatic carboxylic acids is 2. The first-order chi connectivity index (χ1) is 14.8. The van der Waals surface area contributed by atoms with Crippen molar-refractivity contribution >= 4 is 22.8 Å². The standard InChI is InChI=1S/C23H26N2O6/c1-14(22(26)27)13-31-17-4-2-15(3-5-17)8-9-30-18-6-7-21-19(11-18)16(12-25-21)10-20(24)23(28)29/h2-7,11-12,14,20,25H,8-10,13,24H2,1H3,(H,26,27)(H,28,29)/t14?,20-/m0/s1. The summed E-state index contributed by atoms with van der Waals surface area (Å²) >= 11 is 0. The van der Waals surface area contributed by atoms with Crippen LogP contribution in [0.1, 0.15) is 18.1 Å². The fourth-order valence-corrected chi connectivity index (χ4v) is 3.07. The predicted molar refractivity (Wildman–Crippen MR) is 116 cm³/mol. The van der Waals surface area contributed by atoms with Gasteiger partial charge in [0.1, 0.15) is 24.1 Å². The van der Waals surface area contributed by atoms with Crippen LogP contribution in [0.15, 0.2) is 48.7 Å². The number of carbonyl (C=O) groups is 2. The molecule has 0 aliphatic rings. The topological polar surface area (TPSA) is 135 Å². The average Bonchev–Trinajstić information content (AvgIpc) is 3.14. The first kappa shape index (κ1) is 22.2. The van der Waals surface area contributed by atoms with E-state index in [4.69, 9.17) is 25.4 Å². The van der Waals surface area contributed by atoms with Gasteiger partial charge in [-0.3, -0.25) is 9.59 Å². The third kappa shape index (κ3) is 5.99. The molecule has 1 heterocycles. The van der Waals surface area contributed by atoms with Crippen molar-refractivity contribution in [2.45, 2.75) is 25.8 Å². The number of carboxylic acids is 2. The van der Waals surface area contributed by atoms with Crippen molar-refractivity contribution in [3.05, 3.63) is 59.8 Å². The Morgan fingerprint density at radius 2 is 1.74 bits per heavy atom. The van der Waals surface area contributed by atoms with Crippen LogP contribution in [-0.2, 0) is 22.4 Å². The Kier molecular flexibility index (Phi) is 7.15. The Labute approximate surface area is 179 Å². The minimum Gasteiger partial charge on any atom is -0.493 e. The van der Waals surface area contributed by atoms with E-state index in [2.05, 4.69) is 4.98 Å². The second-order valence-electron chi connectivity index (χ2n) is 7.46. The molecule has 0 spiro atoms. The molecule has 1 aromatic heterocycles. The molecule has 31 heavy (non-hydrogen) atoms. The maximum Gasteiger partial charge on any atom is 0.320 e. The van der Waals surface area contributed by atoms with Crippen molar-refractivity contribution in [3.63, 3.8) is 0 Å². The van der Waals surface area contributed by atoms with Crippen molar-refractivity contribution in [2.75, 3.05) is 13.2 Å². The van der Waals surface area contributed by atoms with E-state index < -0.39 is 23.9 Å². The van der Waals surface area contributed by atoms with E-state index in [0.717, 1.165) is 22.0 Å². The van der Waals surface area contributed by atoms with Gasteiger partial charge in [0, 0.05) is 29.9 Å². The Balaban J connectivity index is 1.54. The van der Waals surface area contributed by atoms with Gasteiger partial charge in [0.15, 0.2) is 0 Å². The number of nitrogens with one attached hydrogen (secondary N) is 1. The van der Waals surface area contributed by atoms with Crippen LogP contribution in [0.3, 0.4) is 0 Å². The molecule has 0 radical (unpaired) electrons. The minimum absolute atomic E-state index is 0.124. The minimum atomic E-state index is -1.03. The summed E-state index contributed by atoms with van der Waals surface area (Å²) in [5.74, 6) is -1.16. The number of aromatic amines is 1. The molecule has 0 bridgehead atoms. The quantitative estimate of drug-likeness (QED) is 0.370. The van der Waals surface area contributed by atoms with Gasteiger partial charge in [0.25, 0.3) is 0 Å². The normalized spacial score (nSPS) is 13.0. The number of fused-ring (bicyclic) bond motifs is 1. The average molecular weight is 426 g/mol. The van der Waals surface area contributed by atoms with E-state index in [1.807, 2.05) is 42.5 Å². The number of rotatable bonds is 11. The molecule has 3 aromatic rings. The van der Waals surface area contributed by atoms with Gasteiger partial charge >= 0.3 is 11.9 Å². The number of benzene rings is 2. The number of aromatic nitrogens is 1. The lowest BCUT2D eigenvalue weighted by Crippen LogP contribution is -2.32. The zero-order valence-electron chi connectivity index (χ0n) is 17.2. The molecule has 8 nitrogen and oxygen atoms in total. The molecule has 0 saturated heterocycles. The molecule has 164 valence electrons. The summed E-state index contributed by atoms with van der Waals surface area (Å²) in [5.41, 5.74) is 8.46. The van der Waals surface area contributed by atoms with Crippen LogP contribution >= 0.6 is 0 Å². The number of nitrogens with two attached hydrogens (primary N) is 1. The number of hydrogen-bond acceptors (Lipinski definition) is 5. The highest BCUT2D eigenvalue weighted by Gasteiger charge is 2.15. The highest BCUT2D eigenvalue weighted by atomic mass is 16.5. The largest absolute Gasteiger partial charge is 0.493 e. The van der Waals surface area contributed by atoms with E-state index in [0.29, 0.717) is 24.5 Å². The molecule has 1 unspecified atom stereocenters. The SMILES string of the molecule is CC(COc1ccc(CCOc2ccc3[nH]cc(C[C@H](N)C(=O)O)c3c2)cc1)C(=O)O. The fourth-order valence-electron chi connectivity index (χ4n) is 3.07. The Morgan fingerprint density at radius 3 is 2.42 bits per heavy atom. The van der Waals surface area contributed by atoms with Crippen LogP contribution < -0.4 is 15.2 Å². The van der Waals surface area contributed by atoms with Crippen LogP contribution in [-0.4, -0.2) is 46.4 Å². The number of ether oxygens (including phenoxy) is 2. The van der Waals surface area contributed by atoms with Gasteiger partial charge in [-0.1, -0.05) is 12.1 Å². The van der Waals surface area contributed by atoms with E-state index in [-0.39, 0.29) is 13.0 Å². The Morgan fingerprint density at radius 1 is 1.03 bits per heavy atom. The predicted octanol–water partition coefficient (Wildman–Crippen LogP) is 2.84. The maximum absolute atomic E-state index is 11.0. The van der Waals surface area contributed by atoms with Crippen LogP contribution in [0.5, 0.6) is 11.5 Å². The summed E-state index contributed by atoms with van der Waals surface area (Å²) < 4.78 is 11.4. The Bertz CT molecular complexity index is 1040. The third-order valence-electron chi connectivity index (χ3n) is 5.00. The number of carboxylic acid groups (broad SMARTS) is 2. The summed E-state index contributed by atoms with van der Waals surface area (Å²) in [6.07, 6.45) is 2.70. The van der Waals surface area contributed by atoms with E-state index >= 15 is 0 Å². The molecule has 2 aromatic carbocycles. The second kappa shape index (κ2) is 9.99. The lowest BCUT2D eigenvalue weighted by Gasteiger charge is -2.10. The zero-order chi connectivity index (χ0) is 22.4. The monoisotopic (exact) mass is 426 g/mol. The molecule has 0 saturated carbocycles. The van der Waals surface area contributed by atoms with Crippen LogP contribution in [0, 0.1) is 5.92 Å². The number of hydrogen-bond donors (Lipinski definition) is 4. The van der Waals surface area contributed by atoms with Gasteiger partial charge in [-0.15, -0.1) is 0 Å². The maximum atomic E-state index is 11.0. The van der Waals surface area contributed by atoms with Gasteiger partial charge in [-0.25, -0.2) is 0 Å². The fraction of sp³-hybridized carbons (Fsp3) is 0.304. The molecule has 2 atom stereocenters. The molecule has 0 fully saturated rings. The van der Waals surface area contributed by atoms with Crippen molar-refractivity contribution in [1.82, 2.24) is 4.98 Å². The van der Waals surface area contributed by atoms with Gasteiger partial charge < -0.3 is 30.4 Å². The zero-order valence-corrected chi connectivity index (χ0v) is 17.2. The molecular formula is C23H26N2O6. The van der Waals surface area contributed by atoms with Crippen molar-refractivity contribution < 1.29 is 29.3 Å². The number of H-pyrrole nitrogens is 1. The van der Waals surface area contributed by atoms with Gasteiger partial charge in [0.05, 0.1) is 12.5 Å². The summed E-state index contributed by atoms with van der Waals surface area (Å²) in [6, 6.07) is 12.2. The smallest absolute Gasteiger partial charge is 0.320 e. The molecule has 8 heteroatoms. The summed E-state index contributed by atoms with van der Waals surface area (Å²) in [7, 11) is 0. The van der Waals surface area contributed by atoms with Gasteiger partial charge in [-0.05, 0) is 48.4 Å². The van der Waals surface area contributed by atoms with Crippen LogP contribution in [0.2, 0.25) is 0 Å². The molecule has 0 amide bonds. The molecule has 0 aliphatic heterocycles. The summed E-state index contributed by atoms with van der Waals surface area (Å²) in [4.78, 5) is 25.0. The van der Waals surface area contributed by atoms with Crippen molar-refractivity contribution in [3.8, 4) is 11.5 Å². The first-order valence-electron chi connectivity index (χ1n) is 9.99. The van der Waals surface area contributed by atoms with E-state index in [9.17, 15) is 9.59 Å². The van der Waals surface area contributed by atoms with E-state index in [1.165, 1.54) is 0 Å². The van der Waals surface area contributed by atoms with Gasteiger partial charge in [-0.2, -0.15) is 0 Å². The molecule has 3 rings (SSSR count). The van der Waals surface area contributed by atoms with Crippen LogP contribution in [0.25, 0.3) is 10.9 Å². The highest BCUT2D eigenvalue weighted by Crippen LogP contribution is 2.25. The lowest BCUT2D eigenvalue weighted by molar-refractivity contribution is -0.142. The third-order valence-corrected chi connectivity index (χ3v) is 5.00. The Hall–Kier alpha value is -3.52. The molecule has 0 aliphatic carbocycles. The first-order valence-corrected chi connectivity index (χ1v) is 9.99. The summed E-state index contributed by atoms with van der Waals surface area (Å²) in [6.45, 7) is 2.19.